The fourth-order valence-electron chi connectivity index (χ4n) is 2.03. The van der Waals surface area contributed by atoms with E-state index in [9.17, 15) is 14.8 Å². The van der Waals surface area contributed by atoms with Crippen LogP contribution in [0.2, 0.25) is 0 Å². The average Bonchev–Trinajstić information content (AvgIpc) is 2.53. The fraction of sp³-hybridized carbons (Fsp3) is 0.529. The van der Waals surface area contributed by atoms with E-state index in [1.165, 1.54) is 24.3 Å². The van der Waals surface area contributed by atoms with Gasteiger partial charge in [-0.05, 0) is 64.3 Å². The second kappa shape index (κ2) is 9.95. The lowest BCUT2D eigenvalue weighted by atomic mass is 10.1. The van der Waals surface area contributed by atoms with Gasteiger partial charge in [0, 0.05) is 12.2 Å². The molecule has 0 aliphatic rings. The van der Waals surface area contributed by atoms with Crippen LogP contribution >= 0.6 is 0 Å². The maximum Gasteiger partial charge on any atom is 0.407 e. The summed E-state index contributed by atoms with van der Waals surface area (Å²) >= 11 is 0. The summed E-state index contributed by atoms with van der Waals surface area (Å²) < 4.78 is 5.12. The molecule has 1 aromatic carbocycles. The summed E-state index contributed by atoms with van der Waals surface area (Å²) in [6.45, 7) is 5.81. The molecule has 0 aliphatic heterocycles. The van der Waals surface area contributed by atoms with Crippen molar-refractivity contribution in [3.63, 3.8) is 0 Å². The molecule has 1 rings (SSSR count). The standard InChI is InChI=1S/C17H27N4O5/c1-17(2,3)26-16(23)19-11-5-4-6-14(18)15(22)20-12-7-9-13(10-8-12)21(24)25/h7-10,14,24H,4-6,11,18H2,1-3H3,(H,19,23)(H,20,22)/q-1. The number of amides is 2. The van der Waals surface area contributed by atoms with E-state index in [2.05, 4.69) is 10.6 Å². The van der Waals surface area contributed by atoms with E-state index in [1.54, 1.807) is 20.8 Å². The molecule has 1 atom stereocenters. The summed E-state index contributed by atoms with van der Waals surface area (Å²) in [4.78, 5) is 23.5. The van der Waals surface area contributed by atoms with Crippen LogP contribution in [0.3, 0.4) is 0 Å². The molecule has 1 unspecified atom stereocenters. The van der Waals surface area contributed by atoms with Crippen LogP contribution in [0.15, 0.2) is 24.3 Å². The minimum absolute atomic E-state index is 0.0600. The van der Waals surface area contributed by atoms with Gasteiger partial charge in [-0.25, -0.2) is 4.79 Å². The molecular weight excluding hydrogens is 340 g/mol. The number of alkyl carbamates (subject to hydrolysis) is 1. The van der Waals surface area contributed by atoms with E-state index in [0.29, 0.717) is 31.5 Å². The van der Waals surface area contributed by atoms with E-state index >= 15 is 0 Å². The molecular formula is C17H27N4O5-. The summed E-state index contributed by atoms with van der Waals surface area (Å²) in [5, 5.41) is 24.5. The summed E-state index contributed by atoms with van der Waals surface area (Å²) in [7, 11) is 0. The zero-order valence-corrected chi connectivity index (χ0v) is 15.3. The van der Waals surface area contributed by atoms with Crippen LogP contribution in [0.25, 0.3) is 0 Å². The van der Waals surface area contributed by atoms with E-state index in [-0.39, 0.29) is 16.8 Å². The first-order valence-electron chi connectivity index (χ1n) is 8.38. The molecule has 1 aromatic rings. The van der Waals surface area contributed by atoms with Crippen molar-refractivity contribution in [3.8, 4) is 0 Å². The third kappa shape index (κ3) is 8.65. The summed E-state index contributed by atoms with van der Waals surface area (Å²) in [6.07, 6.45) is 1.33. The Bertz CT molecular complexity index is 584. The SMILES string of the molecule is CC(C)(C)OC(=O)NCCCCC(N)C(=O)Nc1ccc(N([O-])O)cc1. The predicted octanol–water partition coefficient (Wildman–Crippen LogP) is 2.34. The summed E-state index contributed by atoms with van der Waals surface area (Å²) in [5.41, 5.74) is 5.84. The quantitative estimate of drug-likeness (QED) is 0.408. The second-order valence-corrected chi connectivity index (χ2v) is 6.84. The van der Waals surface area contributed by atoms with Crippen LogP contribution in [-0.2, 0) is 9.53 Å². The molecule has 26 heavy (non-hydrogen) atoms. The zero-order chi connectivity index (χ0) is 19.7. The molecule has 0 aliphatic carbocycles. The lowest BCUT2D eigenvalue weighted by Crippen LogP contribution is -2.36. The van der Waals surface area contributed by atoms with Crippen molar-refractivity contribution in [2.24, 2.45) is 5.73 Å². The van der Waals surface area contributed by atoms with Gasteiger partial charge in [0.05, 0.1) is 11.7 Å². The highest BCUT2D eigenvalue weighted by Crippen LogP contribution is 2.16. The van der Waals surface area contributed by atoms with Crippen molar-refractivity contribution in [1.82, 2.24) is 5.32 Å². The van der Waals surface area contributed by atoms with Crippen molar-refractivity contribution < 1.29 is 19.5 Å². The molecule has 0 heterocycles. The van der Waals surface area contributed by atoms with Crippen LogP contribution in [0.5, 0.6) is 0 Å². The second-order valence-electron chi connectivity index (χ2n) is 6.84. The van der Waals surface area contributed by atoms with Crippen molar-refractivity contribution in [1.29, 1.82) is 0 Å². The number of benzene rings is 1. The third-order valence-electron chi connectivity index (χ3n) is 3.30. The highest BCUT2D eigenvalue weighted by molar-refractivity contribution is 5.94. The topological polar surface area (TPSA) is 140 Å². The number of ether oxygens (including phenoxy) is 1. The van der Waals surface area contributed by atoms with Crippen LogP contribution in [0.4, 0.5) is 16.2 Å². The van der Waals surface area contributed by atoms with Crippen molar-refractivity contribution >= 4 is 23.4 Å². The smallest absolute Gasteiger partial charge is 0.407 e. The van der Waals surface area contributed by atoms with E-state index in [1.807, 2.05) is 0 Å². The summed E-state index contributed by atoms with van der Waals surface area (Å²) in [6, 6.07) is 5.04. The maximum atomic E-state index is 12.0. The van der Waals surface area contributed by atoms with Gasteiger partial charge in [-0.3, -0.25) is 10.0 Å². The number of unbranched alkanes of at least 4 members (excludes halogenated alkanes) is 1. The van der Waals surface area contributed by atoms with Crippen molar-refractivity contribution in [3.05, 3.63) is 29.5 Å². The number of anilines is 2. The normalized spacial score (nSPS) is 12.2. The van der Waals surface area contributed by atoms with Gasteiger partial charge in [0.25, 0.3) is 0 Å². The molecule has 0 saturated carbocycles. The van der Waals surface area contributed by atoms with Gasteiger partial charge in [-0.1, -0.05) is 0 Å². The van der Waals surface area contributed by atoms with Crippen LogP contribution in [-0.4, -0.2) is 35.4 Å². The Morgan fingerprint density at radius 1 is 1.27 bits per heavy atom. The number of nitrogens with one attached hydrogen (secondary N) is 2. The van der Waals surface area contributed by atoms with Crippen molar-refractivity contribution in [2.75, 3.05) is 17.1 Å². The first-order valence-corrected chi connectivity index (χ1v) is 8.38. The molecule has 9 heteroatoms. The van der Waals surface area contributed by atoms with E-state index in [4.69, 9.17) is 15.7 Å². The van der Waals surface area contributed by atoms with Crippen molar-refractivity contribution in [2.45, 2.75) is 51.7 Å². The van der Waals surface area contributed by atoms with Crippen LogP contribution < -0.4 is 21.6 Å². The van der Waals surface area contributed by atoms with Gasteiger partial charge in [0.1, 0.15) is 5.60 Å². The highest BCUT2D eigenvalue weighted by Gasteiger charge is 2.16. The number of hydrogen-bond acceptors (Lipinski definition) is 7. The minimum atomic E-state index is -0.690. The molecule has 0 spiro atoms. The molecule has 0 radical (unpaired) electrons. The number of nitrogens with two attached hydrogens (primary N) is 1. The van der Waals surface area contributed by atoms with Gasteiger partial charge in [0.15, 0.2) is 0 Å². The Hall–Kier alpha value is -2.36. The monoisotopic (exact) mass is 367 g/mol. The van der Waals surface area contributed by atoms with E-state index in [0.717, 1.165) is 0 Å². The fourth-order valence-corrected chi connectivity index (χ4v) is 2.03. The molecule has 146 valence electrons. The molecule has 0 saturated heterocycles. The Labute approximate surface area is 153 Å². The number of rotatable bonds is 8. The number of carbonyl (C=O) groups excluding carboxylic acids is 2. The van der Waals surface area contributed by atoms with E-state index < -0.39 is 17.7 Å². The van der Waals surface area contributed by atoms with Gasteiger partial charge >= 0.3 is 6.09 Å². The predicted molar refractivity (Wildman–Crippen MR) is 98.8 cm³/mol. The first kappa shape index (κ1) is 21.7. The van der Waals surface area contributed by atoms with Crippen LogP contribution in [0, 0.1) is 5.21 Å². The molecule has 0 bridgehead atoms. The molecule has 0 aromatic heterocycles. The van der Waals surface area contributed by atoms with Gasteiger partial charge in [-0.2, -0.15) is 0 Å². The molecule has 0 fully saturated rings. The van der Waals surface area contributed by atoms with Gasteiger partial charge < -0.3 is 31.5 Å². The zero-order valence-electron chi connectivity index (χ0n) is 15.3. The average molecular weight is 367 g/mol. The summed E-state index contributed by atoms with van der Waals surface area (Å²) in [5.74, 6) is -0.346. The molecule has 9 nitrogen and oxygen atoms in total. The number of nitrogens with zero attached hydrogens (tertiary/aromatic N) is 1. The van der Waals surface area contributed by atoms with Crippen LogP contribution in [0.1, 0.15) is 40.0 Å². The Balaban J connectivity index is 2.25. The third-order valence-corrected chi connectivity index (χ3v) is 3.30. The lowest BCUT2D eigenvalue weighted by Gasteiger charge is -2.21. The Morgan fingerprint density at radius 3 is 2.42 bits per heavy atom. The first-order chi connectivity index (χ1) is 12.1. The number of carbonyl (C=O) groups is 2. The number of hydrogen-bond donors (Lipinski definition) is 4. The molecule has 5 N–H and O–H groups in total. The van der Waals surface area contributed by atoms with Gasteiger partial charge in [-0.15, -0.1) is 0 Å². The minimum Gasteiger partial charge on any atom is -0.733 e. The van der Waals surface area contributed by atoms with Gasteiger partial charge in [0.2, 0.25) is 5.91 Å². The largest absolute Gasteiger partial charge is 0.733 e. The lowest BCUT2D eigenvalue weighted by molar-refractivity contribution is -0.117. The Morgan fingerprint density at radius 2 is 1.88 bits per heavy atom. The highest BCUT2D eigenvalue weighted by atomic mass is 16.8. The Kier molecular flexibility index (Phi) is 8.30. The maximum absolute atomic E-state index is 12.0. The molecule has 2 amide bonds.